The topological polar surface area (TPSA) is 52.6 Å². The van der Waals surface area contributed by atoms with E-state index in [0.29, 0.717) is 13.1 Å². The van der Waals surface area contributed by atoms with Gasteiger partial charge < -0.3 is 15.3 Å². The zero-order chi connectivity index (χ0) is 14.1. The van der Waals surface area contributed by atoms with Gasteiger partial charge in [0.05, 0.1) is 6.61 Å². The summed E-state index contributed by atoms with van der Waals surface area (Å²) in [7, 11) is 0. The van der Waals surface area contributed by atoms with Crippen molar-refractivity contribution in [1.29, 1.82) is 0 Å². The first kappa shape index (κ1) is 16.0. The van der Waals surface area contributed by atoms with Gasteiger partial charge in [-0.3, -0.25) is 0 Å². The molecule has 0 heterocycles. The lowest BCUT2D eigenvalue weighted by Crippen LogP contribution is -2.42. The van der Waals surface area contributed by atoms with Crippen molar-refractivity contribution < 1.29 is 9.90 Å². The molecule has 0 spiro atoms. The summed E-state index contributed by atoms with van der Waals surface area (Å²) in [6, 6.07) is -0.0993. The molecule has 0 saturated heterocycles. The number of carbonyl (C=O) groups is 1. The van der Waals surface area contributed by atoms with Crippen LogP contribution in [0.2, 0.25) is 0 Å². The Labute approximate surface area is 116 Å². The van der Waals surface area contributed by atoms with Crippen LogP contribution in [-0.4, -0.2) is 42.3 Å². The van der Waals surface area contributed by atoms with Crippen molar-refractivity contribution in [1.82, 2.24) is 10.2 Å². The Morgan fingerprint density at radius 1 is 1.53 bits per heavy atom. The highest BCUT2D eigenvalue weighted by Crippen LogP contribution is 2.30. The molecule has 0 aromatic carbocycles. The maximum Gasteiger partial charge on any atom is 0.317 e. The molecule has 1 saturated carbocycles. The minimum atomic E-state index is -0.0993. The summed E-state index contributed by atoms with van der Waals surface area (Å²) in [5.41, 5.74) is 0. The molecule has 0 radical (unpaired) electrons. The number of carbonyl (C=O) groups excluding carboxylic acids is 1. The quantitative estimate of drug-likeness (QED) is 0.697. The average molecular weight is 268 g/mol. The lowest BCUT2D eigenvalue weighted by molar-refractivity contribution is 0.182. The molecule has 4 nitrogen and oxygen atoms in total. The molecule has 1 rings (SSSR count). The minimum absolute atomic E-state index is 0.0125. The van der Waals surface area contributed by atoms with Gasteiger partial charge in [0.2, 0.25) is 0 Å². The number of nitrogens with one attached hydrogen (secondary N) is 1. The summed E-state index contributed by atoms with van der Waals surface area (Å²) >= 11 is 0. The summed E-state index contributed by atoms with van der Waals surface area (Å²) in [6.07, 6.45) is 8.02. The van der Waals surface area contributed by atoms with E-state index in [1.165, 1.54) is 25.7 Å². The fourth-order valence-corrected chi connectivity index (χ4v) is 2.87. The molecular formula is C15H28N2O2. The van der Waals surface area contributed by atoms with Gasteiger partial charge in [-0.25, -0.2) is 4.79 Å². The summed E-state index contributed by atoms with van der Waals surface area (Å²) < 4.78 is 0. The third-order valence-electron chi connectivity index (χ3n) is 3.88. The van der Waals surface area contributed by atoms with Crippen molar-refractivity contribution in [3.63, 3.8) is 0 Å². The number of aliphatic hydroxyl groups excluding tert-OH is 1. The van der Waals surface area contributed by atoms with Crippen molar-refractivity contribution in [2.24, 2.45) is 11.8 Å². The van der Waals surface area contributed by atoms with Gasteiger partial charge in [0, 0.05) is 19.6 Å². The molecule has 1 aliphatic carbocycles. The van der Waals surface area contributed by atoms with Gasteiger partial charge in [-0.15, -0.1) is 6.58 Å². The van der Waals surface area contributed by atoms with Gasteiger partial charge in [-0.2, -0.15) is 0 Å². The Kier molecular flexibility index (Phi) is 7.56. The first-order valence-electron chi connectivity index (χ1n) is 7.42. The van der Waals surface area contributed by atoms with Crippen molar-refractivity contribution >= 4 is 6.03 Å². The van der Waals surface area contributed by atoms with E-state index in [9.17, 15) is 4.79 Å². The van der Waals surface area contributed by atoms with Crippen molar-refractivity contribution in [3.05, 3.63) is 12.7 Å². The first-order valence-corrected chi connectivity index (χ1v) is 7.42. The van der Waals surface area contributed by atoms with Crippen molar-refractivity contribution in [2.45, 2.75) is 39.0 Å². The molecule has 2 unspecified atom stereocenters. The van der Waals surface area contributed by atoms with Crippen LogP contribution in [0.4, 0.5) is 4.79 Å². The number of aliphatic hydroxyl groups is 1. The van der Waals surface area contributed by atoms with E-state index in [1.807, 2.05) is 0 Å². The highest BCUT2D eigenvalue weighted by atomic mass is 16.3. The zero-order valence-corrected chi connectivity index (χ0v) is 12.1. The van der Waals surface area contributed by atoms with Crippen LogP contribution in [0.25, 0.3) is 0 Å². The number of amides is 2. The maximum atomic E-state index is 11.9. The van der Waals surface area contributed by atoms with E-state index < -0.39 is 0 Å². The van der Waals surface area contributed by atoms with E-state index in [1.54, 1.807) is 11.0 Å². The van der Waals surface area contributed by atoms with Gasteiger partial charge in [-0.1, -0.05) is 32.3 Å². The Morgan fingerprint density at radius 2 is 2.32 bits per heavy atom. The largest absolute Gasteiger partial charge is 0.395 e. The number of urea groups is 1. The Bertz CT molecular complexity index is 281. The molecule has 1 aliphatic rings. The molecule has 0 aromatic rings. The van der Waals surface area contributed by atoms with Crippen molar-refractivity contribution in [3.8, 4) is 0 Å². The second-order valence-electron chi connectivity index (χ2n) is 5.62. The fourth-order valence-electron chi connectivity index (χ4n) is 2.87. The molecule has 0 bridgehead atoms. The third kappa shape index (κ3) is 6.10. The summed E-state index contributed by atoms with van der Waals surface area (Å²) in [4.78, 5) is 13.5. The molecule has 2 amide bonds. The fraction of sp³-hybridized carbons (Fsp3) is 0.800. The molecule has 1 fully saturated rings. The van der Waals surface area contributed by atoms with Gasteiger partial charge in [0.25, 0.3) is 0 Å². The predicted molar refractivity (Wildman–Crippen MR) is 78.0 cm³/mol. The lowest BCUT2D eigenvalue weighted by Gasteiger charge is -2.27. The summed E-state index contributed by atoms with van der Waals surface area (Å²) in [5.74, 6) is 1.59. The number of rotatable bonds is 7. The average Bonchev–Trinajstić information content (AvgIpc) is 2.38. The van der Waals surface area contributed by atoms with Gasteiger partial charge in [-0.05, 0) is 24.7 Å². The third-order valence-corrected chi connectivity index (χ3v) is 3.88. The van der Waals surface area contributed by atoms with Crippen molar-refractivity contribution in [2.75, 3.05) is 26.2 Å². The van der Waals surface area contributed by atoms with E-state index in [0.717, 1.165) is 24.8 Å². The molecule has 110 valence electrons. The van der Waals surface area contributed by atoms with Gasteiger partial charge >= 0.3 is 6.03 Å². The van der Waals surface area contributed by atoms with E-state index in [4.69, 9.17) is 5.11 Å². The number of hydrogen-bond acceptors (Lipinski definition) is 2. The summed E-state index contributed by atoms with van der Waals surface area (Å²) in [5, 5.41) is 11.9. The van der Waals surface area contributed by atoms with Crippen LogP contribution in [0.3, 0.4) is 0 Å². The van der Waals surface area contributed by atoms with Crippen LogP contribution in [0.1, 0.15) is 39.0 Å². The van der Waals surface area contributed by atoms with Crippen LogP contribution in [-0.2, 0) is 0 Å². The smallest absolute Gasteiger partial charge is 0.317 e. The molecule has 0 aromatic heterocycles. The zero-order valence-electron chi connectivity index (χ0n) is 12.1. The van der Waals surface area contributed by atoms with E-state index >= 15 is 0 Å². The minimum Gasteiger partial charge on any atom is -0.395 e. The van der Waals surface area contributed by atoms with Gasteiger partial charge in [0.15, 0.2) is 0 Å². The number of hydrogen-bond donors (Lipinski definition) is 2. The lowest BCUT2D eigenvalue weighted by atomic mass is 9.81. The molecular weight excluding hydrogens is 240 g/mol. The maximum absolute atomic E-state index is 11.9. The SMILES string of the molecule is C=CCN(CCO)C(=O)NCCC1CCCC(C)C1. The highest BCUT2D eigenvalue weighted by molar-refractivity contribution is 5.74. The second-order valence-corrected chi connectivity index (χ2v) is 5.62. The summed E-state index contributed by atoms with van der Waals surface area (Å²) in [6.45, 7) is 7.50. The Hall–Kier alpha value is -1.03. The normalized spacial score (nSPS) is 22.8. The second kappa shape index (κ2) is 8.97. The Balaban J connectivity index is 2.22. The molecule has 2 atom stereocenters. The van der Waals surface area contributed by atoms with Crippen LogP contribution < -0.4 is 5.32 Å². The monoisotopic (exact) mass is 268 g/mol. The van der Waals surface area contributed by atoms with Crippen LogP contribution in [0, 0.1) is 11.8 Å². The Morgan fingerprint density at radius 3 is 2.95 bits per heavy atom. The standard InChI is InChI=1S/C15H28N2O2/c1-3-9-17(10-11-18)15(19)16-8-7-14-6-4-5-13(2)12-14/h3,13-14,18H,1,4-12H2,2H3,(H,16,19). The first-order chi connectivity index (χ1) is 9.17. The predicted octanol–water partition coefficient (Wildman–Crippen LogP) is 2.39. The molecule has 0 aliphatic heterocycles. The van der Waals surface area contributed by atoms with Crippen LogP contribution in [0.5, 0.6) is 0 Å². The molecule has 19 heavy (non-hydrogen) atoms. The highest BCUT2D eigenvalue weighted by Gasteiger charge is 2.19. The number of nitrogens with zero attached hydrogens (tertiary/aromatic N) is 1. The van der Waals surface area contributed by atoms with Crippen LogP contribution in [0.15, 0.2) is 12.7 Å². The van der Waals surface area contributed by atoms with E-state index in [2.05, 4.69) is 18.8 Å². The van der Waals surface area contributed by atoms with E-state index in [-0.39, 0.29) is 12.6 Å². The van der Waals surface area contributed by atoms with Gasteiger partial charge in [0.1, 0.15) is 0 Å². The molecule has 4 heteroatoms. The molecule has 2 N–H and O–H groups in total. The van der Waals surface area contributed by atoms with Crippen LogP contribution >= 0.6 is 0 Å².